The Hall–Kier alpha value is -1.52. The molecule has 0 atom stereocenters. The predicted molar refractivity (Wildman–Crippen MR) is 83.4 cm³/mol. The van der Waals surface area contributed by atoms with Crippen LogP contribution in [0.1, 0.15) is 53.4 Å². The third-order valence-corrected chi connectivity index (χ3v) is 4.50. The fraction of sp³-hybridized carbons (Fsp3) is 0.765. The Balaban J connectivity index is 1.91. The molecule has 0 radical (unpaired) electrons. The van der Waals surface area contributed by atoms with Gasteiger partial charge in [0.25, 0.3) is 0 Å². The fourth-order valence-electron chi connectivity index (χ4n) is 3.19. The molecule has 0 aromatic rings. The number of carbonyl (C=O) groups is 2. The lowest BCUT2D eigenvalue weighted by atomic mass is 9.59. The molecule has 2 fully saturated rings. The molecular weight excluding hydrogens is 282 g/mol. The van der Waals surface area contributed by atoms with Crippen LogP contribution < -0.4 is 0 Å². The van der Waals surface area contributed by atoms with Crippen molar-refractivity contribution in [2.75, 3.05) is 19.7 Å². The van der Waals surface area contributed by atoms with Crippen molar-refractivity contribution in [2.45, 2.75) is 59.0 Å². The molecule has 0 unspecified atom stereocenters. The fourth-order valence-corrected chi connectivity index (χ4v) is 3.19. The van der Waals surface area contributed by atoms with Crippen molar-refractivity contribution in [2.24, 2.45) is 5.41 Å². The number of ether oxygens (including phenoxy) is 2. The zero-order valence-electron chi connectivity index (χ0n) is 14.1. The van der Waals surface area contributed by atoms with Gasteiger partial charge in [0.15, 0.2) is 0 Å². The van der Waals surface area contributed by atoms with E-state index in [2.05, 4.69) is 0 Å². The molecule has 5 heteroatoms. The number of esters is 1. The summed E-state index contributed by atoms with van der Waals surface area (Å²) in [7, 11) is 0. The van der Waals surface area contributed by atoms with E-state index in [-0.39, 0.29) is 17.5 Å². The standard InChI is InChI=1S/C17H27NO4/c1-5-21-14(19)12-13-6-7-17(13)8-10-18(11-9-17)15(20)22-16(2,3)4/h12H,5-11H2,1-4H3/b13-12+. The quantitative estimate of drug-likeness (QED) is 0.580. The van der Waals surface area contributed by atoms with Crippen LogP contribution in [-0.2, 0) is 14.3 Å². The molecule has 0 aromatic carbocycles. The number of amides is 1. The first-order valence-corrected chi connectivity index (χ1v) is 8.11. The van der Waals surface area contributed by atoms with Crippen molar-refractivity contribution < 1.29 is 19.1 Å². The van der Waals surface area contributed by atoms with Gasteiger partial charge in [0.2, 0.25) is 0 Å². The molecule has 1 amide bonds. The first kappa shape index (κ1) is 16.8. The molecule has 1 aliphatic carbocycles. The molecular formula is C17H27NO4. The van der Waals surface area contributed by atoms with E-state index in [1.165, 1.54) is 5.57 Å². The third-order valence-electron chi connectivity index (χ3n) is 4.50. The highest BCUT2D eigenvalue weighted by molar-refractivity contribution is 5.83. The van der Waals surface area contributed by atoms with Crippen LogP contribution >= 0.6 is 0 Å². The summed E-state index contributed by atoms with van der Waals surface area (Å²) in [4.78, 5) is 25.5. The average Bonchev–Trinajstić information content (AvgIpc) is 2.42. The lowest BCUT2D eigenvalue weighted by Gasteiger charge is -2.50. The zero-order chi connectivity index (χ0) is 16.4. The van der Waals surface area contributed by atoms with Gasteiger partial charge in [-0.25, -0.2) is 9.59 Å². The lowest BCUT2D eigenvalue weighted by molar-refractivity contribution is -0.137. The topological polar surface area (TPSA) is 55.8 Å². The molecule has 2 aliphatic rings. The van der Waals surface area contributed by atoms with Gasteiger partial charge in [-0.3, -0.25) is 0 Å². The summed E-state index contributed by atoms with van der Waals surface area (Å²) < 4.78 is 10.4. The summed E-state index contributed by atoms with van der Waals surface area (Å²) in [6.45, 7) is 9.23. The van der Waals surface area contributed by atoms with E-state index in [1.54, 1.807) is 11.0 Å². The number of hydrogen-bond acceptors (Lipinski definition) is 4. The number of nitrogens with zero attached hydrogens (tertiary/aromatic N) is 1. The van der Waals surface area contributed by atoms with Crippen LogP contribution in [0.15, 0.2) is 11.6 Å². The van der Waals surface area contributed by atoms with E-state index in [1.807, 2.05) is 27.7 Å². The SMILES string of the molecule is CCOC(=O)/C=C1\CCC12CCN(C(=O)OC(C)(C)C)CC2. The van der Waals surface area contributed by atoms with Crippen LogP contribution in [0, 0.1) is 5.41 Å². The van der Waals surface area contributed by atoms with E-state index >= 15 is 0 Å². The summed E-state index contributed by atoms with van der Waals surface area (Å²) in [5.41, 5.74) is 0.831. The average molecular weight is 309 g/mol. The number of hydrogen-bond donors (Lipinski definition) is 0. The third kappa shape index (κ3) is 3.81. The normalized spacial score (nSPS) is 22.4. The Bertz CT molecular complexity index is 468. The molecule has 0 N–H and O–H groups in total. The molecule has 1 spiro atoms. The van der Waals surface area contributed by atoms with Crippen molar-refractivity contribution in [3.63, 3.8) is 0 Å². The summed E-state index contributed by atoms with van der Waals surface area (Å²) in [5.74, 6) is -0.244. The van der Waals surface area contributed by atoms with Crippen LogP contribution in [-0.4, -0.2) is 42.3 Å². The van der Waals surface area contributed by atoms with Gasteiger partial charge in [-0.1, -0.05) is 5.57 Å². The Morgan fingerprint density at radius 2 is 1.86 bits per heavy atom. The number of allylic oxidation sites excluding steroid dienone is 1. The molecule has 5 nitrogen and oxygen atoms in total. The highest BCUT2D eigenvalue weighted by atomic mass is 16.6. The molecule has 1 heterocycles. The van der Waals surface area contributed by atoms with Crippen molar-refractivity contribution >= 4 is 12.1 Å². The number of likely N-dealkylation sites (tertiary alicyclic amines) is 1. The van der Waals surface area contributed by atoms with Gasteiger partial charge in [0.05, 0.1) is 6.61 Å². The lowest BCUT2D eigenvalue weighted by Crippen LogP contribution is -2.48. The Morgan fingerprint density at radius 1 is 1.23 bits per heavy atom. The van der Waals surface area contributed by atoms with Crippen molar-refractivity contribution in [3.05, 3.63) is 11.6 Å². The van der Waals surface area contributed by atoms with Crippen molar-refractivity contribution in [1.82, 2.24) is 4.90 Å². The summed E-state index contributed by atoms with van der Waals surface area (Å²) >= 11 is 0. The minimum atomic E-state index is -0.461. The molecule has 1 saturated heterocycles. The van der Waals surface area contributed by atoms with Gasteiger partial charge in [-0.2, -0.15) is 0 Å². The first-order chi connectivity index (χ1) is 10.3. The molecule has 22 heavy (non-hydrogen) atoms. The molecule has 0 bridgehead atoms. The highest BCUT2D eigenvalue weighted by Crippen LogP contribution is 2.53. The maximum atomic E-state index is 12.1. The van der Waals surface area contributed by atoms with Crippen LogP contribution in [0.2, 0.25) is 0 Å². The minimum Gasteiger partial charge on any atom is -0.463 e. The van der Waals surface area contributed by atoms with Crippen LogP contribution in [0.3, 0.4) is 0 Å². The predicted octanol–water partition coefficient (Wildman–Crippen LogP) is 3.29. The van der Waals surface area contributed by atoms with E-state index in [9.17, 15) is 9.59 Å². The monoisotopic (exact) mass is 309 g/mol. The van der Waals surface area contributed by atoms with Gasteiger partial charge < -0.3 is 14.4 Å². The second-order valence-electron chi connectivity index (χ2n) is 7.17. The second-order valence-corrected chi connectivity index (χ2v) is 7.17. The highest BCUT2D eigenvalue weighted by Gasteiger charge is 2.45. The maximum absolute atomic E-state index is 12.1. The number of rotatable bonds is 2. The Morgan fingerprint density at radius 3 is 2.32 bits per heavy atom. The van der Waals surface area contributed by atoms with Gasteiger partial charge in [0, 0.05) is 19.2 Å². The Kier molecular flexibility index (Phi) is 4.83. The zero-order valence-corrected chi connectivity index (χ0v) is 14.1. The minimum absolute atomic E-state index is 0.102. The molecule has 124 valence electrons. The maximum Gasteiger partial charge on any atom is 0.410 e. The van der Waals surface area contributed by atoms with Crippen molar-refractivity contribution in [1.29, 1.82) is 0 Å². The van der Waals surface area contributed by atoms with Crippen LogP contribution in [0.25, 0.3) is 0 Å². The largest absolute Gasteiger partial charge is 0.463 e. The molecule has 2 rings (SSSR count). The Labute approximate surface area is 132 Å². The smallest absolute Gasteiger partial charge is 0.410 e. The van der Waals surface area contributed by atoms with Gasteiger partial charge in [0.1, 0.15) is 5.60 Å². The van der Waals surface area contributed by atoms with E-state index in [0.717, 1.165) is 25.7 Å². The second kappa shape index (κ2) is 6.31. The van der Waals surface area contributed by atoms with Gasteiger partial charge >= 0.3 is 12.1 Å². The molecule has 1 saturated carbocycles. The molecule has 1 aliphatic heterocycles. The number of piperidine rings is 1. The summed E-state index contributed by atoms with van der Waals surface area (Å²) in [5, 5.41) is 0. The van der Waals surface area contributed by atoms with E-state index < -0.39 is 5.60 Å². The van der Waals surface area contributed by atoms with E-state index in [0.29, 0.717) is 19.7 Å². The van der Waals surface area contributed by atoms with Crippen LogP contribution in [0.4, 0.5) is 4.79 Å². The molecule has 0 aromatic heterocycles. The van der Waals surface area contributed by atoms with Crippen molar-refractivity contribution in [3.8, 4) is 0 Å². The van der Waals surface area contributed by atoms with Crippen LogP contribution in [0.5, 0.6) is 0 Å². The summed E-state index contributed by atoms with van der Waals surface area (Å²) in [6.07, 6.45) is 5.29. The first-order valence-electron chi connectivity index (χ1n) is 8.11. The van der Waals surface area contributed by atoms with Gasteiger partial charge in [-0.05, 0) is 58.8 Å². The summed E-state index contributed by atoms with van der Waals surface area (Å²) in [6, 6.07) is 0. The number of carbonyl (C=O) groups excluding carboxylic acids is 2. The van der Waals surface area contributed by atoms with E-state index in [4.69, 9.17) is 9.47 Å². The van der Waals surface area contributed by atoms with Gasteiger partial charge in [-0.15, -0.1) is 0 Å².